The molecule has 1 aromatic heterocycles. The summed E-state index contributed by atoms with van der Waals surface area (Å²) in [5.74, 6) is 0.494. The Bertz CT molecular complexity index is 1110. The summed E-state index contributed by atoms with van der Waals surface area (Å²) in [6, 6.07) is 17.1. The first kappa shape index (κ1) is 22.1. The first-order valence-electron chi connectivity index (χ1n) is 12.0. The molecule has 3 aromatic rings. The van der Waals surface area contributed by atoms with Gasteiger partial charge in [-0.25, -0.2) is 0 Å². The van der Waals surface area contributed by atoms with Crippen molar-refractivity contribution in [2.75, 3.05) is 39.5 Å². The lowest BCUT2D eigenvalue weighted by atomic mass is 9.72. The summed E-state index contributed by atoms with van der Waals surface area (Å²) in [4.78, 5) is 20.4. The number of nitrogens with zero attached hydrogens (tertiary/aromatic N) is 2. The van der Waals surface area contributed by atoms with Gasteiger partial charge in [0.25, 0.3) is 0 Å². The molecule has 5 heteroatoms. The van der Waals surface area contributed by atoms with E-state index in [1.54, 1.807) is 0 Å². The molecule has 0 spiro atoms. The minimum atomic E-state index is -0.505. The number of hydrogen-bond acceptors (Lipinski definition) is 4. The average Bonchev–Trinajstić information content (AvgIpc) is 3.10. The number of amides is 1. The summed E-state index contributed by atoms with van der Waals surface area (Å²) in [6.07, 6.45) is 6.08. The van der Waals surface area contributed by atoms with E-state index in [1.807, 2.05) is 18.5 Å². The number of benzene rings is 2. The zero-order chi connectivity index (χ0) is 22.7. The Hall–Kier alpha value is -2.76. The first-order valence-corrected chi connectivity index (χ1v) is 12.0. The van der Waals surface area contributed by atoms with Crippen LogP contribution in [0.4, 0.5) is 0 Å². The maximum absolute atomic E-state index is 14.1. The van der Waals surface area contributed by atoms with Crippen LogP contribution in [-0.4, -0.2) is 55.3 Å². The van der Waals surface area contributed by atoms with Gasteiger partial charge in [-0.15, -0.1) is 0 Å². The van der Waals surface area contributed by atoms with Crippen molar-refractivity contribution < 1.29 is 14.3 Å². The number of pyridine rings is 1. The number of aromatic nitrogens is 1. The third-order valence-electron chi connectivity index (χ3n) is 7.21. The first-order chi connectivity index (χ1) is 16.1. The molecule has 1 amide bonds. The molecule has 172 valence electrons. The fourth-order valence-corrected chi connectivity index (χ4v) is 5.30. The van der Waals surface area contributed by atoms with Gasteiger partial charge in [-0.3, -0.25) is 9.78 Å². The predicted octanol–water partition coefficient (Wildman–Crippen LogP) is 4.31. The minimum Gasteiger partial charge on any atom is -0.381 e. The van der Waals surface area contributed by atoms with Gasteiger partial charge in [0, 0.05) is 50.0 Å². The quantitative estimate of drug-likeness (QED) is 0.602. The fourth-order valence-electron chi connectivity index (χ4n) is 5.30. The molecule has 5 nitrogen and oxygen atoms in total. The van der Waals surface area contributed by atoms with E-state index in [2.05, 4.69) is 59.3 Å². The standard InChI is InChI=1S/C28H32N2O3/c1-21-2-6-26(7-3-21)28(9-13-32-14-10-28)27(31)30-12-15-33-20-23(19-30)16-22-4-5-24-8-11-29-18-25(24)17-22/h2-8,11,17-18,23H,9-10,12-16,19-20H2,1H3/t23-/m0/s1. The van der Waals surface area contributed by atoms with E-state index in [-0.39, 0.29) is 11.8 Å². The van der Waals surface area contributed by atoms with Gasteiger partial charge in [0.05, 0.1) is 18.6 Å². The normalized spacial score (nSPS) is 21.0. The van der Waals surface area contributed by atoms with Crippen LogP contribution in [0.15, 0.2) is 60.9 Å². The van der Waals surface area contributed by atoms with Gasteiger partial charge in [-0.05, 0) is 54.8 Å². The molecular weight excluding hydrogens is 412 g/mol. The van der Waals surface area contributed by atoms with Gasteiger partial charge in [0.2, 0.25) is 5.91 Å². The van der Waals surface area contributed by atoms with Crippen LogP contribution in [0.1, 0.15) is 29.5 Å². The van der Waals surface area contributed by atoms with Gasteiger partial charge >= 0.3 is 0 Å². The monoisotopic (exact) mass is 444 g/mol. The second-order valence-corrected chi connectivity index (χ2v) is 9.51. The SMILES string of the molecule is Cc1ccc(C2(C(=O)N3CCOC[C@@H](Cc4ccc5ccncc5c4)C3)CCOCC2)cc1. The molecule has 33 heavy (non-hydrogen) atoms. The molecule has 2 fully saturated rings. The maximum atomic E-state index is 14.1. The van der Waals surface area contributed by atoms with Crippen LogP contribution in [0.3, 0.4) is 0 Å². The number of carbonyl (C=O) groups excluding carboxylic acids is 1. The Kier molecular flexibility index (Phi) is 6.43. The number of hydrogen-bond donors (Lipinski definition) is 0. The molecule has 0 bridgehead atoms. The van der Waals surface area contributed by atoms with Crippen molar-refractivity contribution in [1.82, 2.24) is 9.88 Å². The van der Waals surface area contributed by atoms with Crippen LogP contribution in [0.2, 0.25) is 0 Å². The second kappa shape index (κ2) is 9.62. The molecular formula is C28H32N2O3. The summed E-state index contributed by atoms with van der Waals surface area (Å²) in [7, 11) is 0. The van der Waals surface area contributed by atoms with Crippen molar-refractivity contribution in [2.45, 2.75) is 31.6 Å². The van der Waals surface area contributed by atoms with Crippen molar-refractivity contribution in [2.24, 2.45) is 5.92 Å². The number of rotatable bonds is 4. The topological polar surface area (TPSA) is 51.7 Å². The highest BCUT2D eigenvalue weighted by Gasteiger charge is 2.44. The van der Waals surface area contributed by atoms with Crippen LogP contribution in [0.5, 0.6) is 0 Å². The van der Waals surface area contributed by atoms with E-state index in [0.717, 1.165) is 36.8 Å². The molecule has 0 unspecified atom stereocenters. The smallest absolute Gasteiger partial charge is 0.233 e. The van der Waals surface area contributed by atoms with E-state index < -0.39 is 5.41 Å². The third-order valence-corrected chi connectivity index (χ3v) is 7.21. The maximum Gasteiger partial charge on any atom is 0.233 e. The number of ether oxygens (including phenoxy) is 2. The number of fused-ring (bicyclic) bond motifs is 1. The van der Waals surface area contributed by atoms with E-state index in [9.17, 15) is 4.79 Å². The molecule has 2 aromatic carbocycles. The second-order valence-electron chi connectivity index (χ2n) is 9.51. The Labute approximate surface area is 195 Å². The van der Waals surface area contributed by atoms with Gasteiger partial charge in [-0.2, -0.15) is 0 Å². The largest absolute Gasteiger partial charge is 0.381 e. The molecule has 1 atom stereocenters. The molecule has 0 N–H and O–H groups in total. The highest BCUT2D eigenvalue weighted by Crippen LogP contribution is 2.37. The summed E-state index contributed by atoms with van der Waals surface area (Å²) in [5.41, 5.74) is 3.08. The molecule has 5 rings (SSSR count). The lowest BCUT2D eigenvalue weighted by Gasteiger charge is -2.40. The van der Waals surface area contributed by atoms with Crippen molar-refractivity contribution in [3.05, 3.63) is 77.6 Å². The Morgan fingerprint density at radius 1 is 1.03 bits per heavy atom. The van der Waals surface area contributed by atoms with Crippen LogP contribution in [0.25, 0.3) is 10.8 Å². The summed E-state index contributed by atoms with van der Waals surface area (Å²) < 4.78 is 11.6. The minimum absolute atomic E-state index is 0.230. The summed E-state index contributed by atoms with van der Waals surface area (Å²) >= 11 is 0. The highest BCUT2D eigenvalue weighted by atomic mass is 16.5. The van der Waals surface area contributed by atoms with Crippen LogP contribution < -0.4 is 0 Å². The number of carbonyl (C=O) groups is 1. The van der Waals surface area contributed by atoms with Gasteiger partial charge in [-0.1, -0.05) is 42.0 Å². The summed E-state index contributed by atoms with van der Waals surface area (Å²) in [6.45, 7) is 5.96. The van der Waals surface area contributed by atoms with Crippen LogP contribution in [0, 0.1) is 12.8 Å². The lowest BCUT2D eigenvalue weighted by molar-refractivity contribution is -0.141. The van der Waals surface area contributed by atoms with E-state index in [0.29, 0.717) is 33.0 Å². The highest BCUT2D eigenvalue weighted by molar-refractivity contribution is 5.88. The summed E-state index contributed by atoms with van der Waals surface area (Å²) in [5, 5.41) is 2.35. The Balaban J connectivity index is 1.37. The van der Waals surface area contributed by atoms with Gasteiger partial charge in [0.15, 0.2) is 0 Å². The fraction of sp³-hybridized carbons (Fsp3) is 0.429. The van der Waals surface area contributed by atoms with Crippen LogP contribution >= 0.6 is 0 Å². The zero-order valence-corrected chi connectivity index (χ0v) is 19.3. The van der Waals surface area contributed by atoms with Gasteiger partial charge in [0.1, 0.15) is 0 Å². The molecule has 2 aliphatic rings. The Morgan fingerprint density at radius 2 is 1.85 bits per heavy atom. The van der Waals surface area contributed by atoms with Crippen molar-refractivity contribution in [3.8, 4) is 0 Å². The Morgan fingerprint density at radius 3 is 2.67 bits per heavy atom. The van der Waals surface area contributed by atoms with Gasteiger partial charge < -0.3 is 14.4 Å². The van der Waals surface area contributed by atoms with E-state index in [1.165, 1.54) is 16.5 Å². The molecule has 0 saturated carbocycles. The predicted molar refractivity (Wildman–Crippen MR) is 129 cm³/mol. The third kappa shape index (κ3) is 4.66. The molecule has 2 aliphatic heterocycles. The van der Waals surface area contributed by atoms with Crippen molar-refractivity contribution >= 4 is 16.7 Å². The average molecular weight is 445 g/mol. The van der Waals surface area contributed by atoms with Crippen molar-refractivity contribution in [1.29, 1.82) is 0 Å². The molecule has 2 saturated heterocycles. The number of aryl methyl sites for hydroxylation is 1. The van der Waals surface area contributed by atoms with Crippen LogP contribution in [-0.2, 0) is 26.1 Å². The van der Waals surface area contributed by atoms with E-state index >= 15 is 0 Å². The van der Waals surface area contributed by atoms with E-state index in [4.69, 9.17) is 9.47 Å². The zero-order valence-electron chi connectivity index (χ0n) is 19.3. The van der Waals surface area contributed by atoms with Crippen molar-refractivity contribution in [3.63, 3.8) is 0 Å². The lowest BCUT2D eigenvalue weighted by Crippen LogP contribution is -2.51. The molecule has 3 heterocycles. The molecule has 0 aliphatic carbocycles. The molecule has 0 radical (unpaired) electrons.